The van der Waals surface area contributed by atoms with Crippen molar-refractivity contribution in [2.75, 3.05) is 13.1 Å². The zero-order chi connectivity index (χ0) is 13.5. The number of carboxylic acid groups (broad SMARTS) is 1. The highest BCUT2D eigenvalue weighted by atomic mass is 16.4. The summed E-state index contributed by atoms with van der Waals surface area (Å²) in [4.78, 5) is 22.1. The van der Waals surface area contributed by atoms with Crippen LogP contribution in [0.5, 0.6) is 0 Å². The Morgan fingerprint density at radius 2 is 1.94 bits per heavy atom. The predicted molar refractivity (Wildman–Crippen MR) is 70.0 cm³/mol. The first-order valence-corrected chi connectivity index (χ1v) is 6.03. The third kappa shape index (κ3) is 4.67. The van der Waals surface area contributed by atoms with Crippen LogP contribution in [-0.2, 0) is 4.79 Å². The van der Waals surface area contributed by atoms with Gasteiger partial charge in [0.1, 0.15) is 0 Å². The lowest BCUT2D eigenvalue weighted by atomic mass is 10.0. The summed E-state index contributed by atoms with van der Waals surface area (Å²) in [7, 11) is 0. The third-order valence-corrected chi connectivity index (χ3v) is 2.86. The van der Waals surface area contributed by atoms with Crippen LogP contribution in [0.15, 0.2) is 18.2 Å². The molecule has 0 atom stereocenters. The maximum absolute atomic E-state index is 11.8. The van der Waals surface area contributed by atoms with Crippen LogP contribution in [0, 0.1) is 13.8 Å². The molecule has 0 aliphatic heterocycles. The molecule has 1 rings (SSSR count). The summed E-state index contributed by atoms with van der Waals surface area (Å²) in [5.74, 6) is -0.772. The molecule has 0 saturated heterocycles. The van der Waals surface area contributed by atoms with Crippen molar-refractivity contribution in [1.29, 1.82) is 0 Å². The maximum atomic E-state index is 11.8. The number of ketones is 1. The van der Waals surface area contributed by atoms with Gasteiger partial charge in [0.25, 0.3) is 0 Å². The Morgan fingerprint density at radius 1 is 1.22 bits per heavy atom. The highest BCUT2D eigenvalue weighted by molar-refractivity contribution is 5.97. The number of carbonyl (C=O) groups is 2. The molecular formula is C14H19NO3. The highest BCUT2D eigenvalue weighted by Crippen LogP contribution is 2.10. The molecule has 0 amide bonds. The number of aryl methyl sites for hydroxylation is 2. The van der Waals surface area contributed by atoms with E-state index in [1.54, 1.807) is 0 Å². The molecule has 0 saturated carbocycles. The van der Waals surface area contributed by atoms with Gasteiger partial charge in [-0.15, -0.1) is 0 Å². The average Bonchev–Trinajstić information content (AvgIpc) is 2.31. The van der Waals surface area contributed by atoms with Crippen molar-refractivity contribution in [2.45, 2.75) is 26.7 Å². The first-order valence-electron chi connectivity index (χ1n) is 6.03. The Labute approximate surface area is 107 Å². The summed E-state index contributed by atoms with van der Waals surface area (Å²) in [6, 6.07) is 5.65. The molecule has 4 nitrogen and oxygen atoms in total. The number of benzene rings is 1. The molecule has 0 spiro atoms. The van der Waals surface area contributed by atoms with Crippen molar-refractivity contribution in [3.05, 3.63) is 34.9 Å². The van der Waals surface area contributed by atoms with Gasteiger partial charge in [-0.3, -0.25) is 9.59 Å². The van der Waals surface area contributed by atoms with E-state index in [-0.39, 0.29) is 18.7 Å². The van der Waals surface area contributed by atoms with Crippen molar-refractivity contribution in [1.82, 2.24) is 5.32 Å². The largest absolute Gasteiger partial charge is 0.481 e. The van der Waals surface area contributed by atoms with Crippen molar-refractivity contribution in [3.63, 3.8) is 0 Å². The number of rotatable bonds is 7. The number of hydrogen-bond donors (Lipinski definition) is 2. The van der Waals surface area contributed by atoms with Gasteiger partial charge in [0.2, 0.25) is 0 Å². The van der Waals surface area contributed by atoms with E-state index in [0.717, 1.165) is 5.56 Å². The number of hydrogen-bond acceptors (Lipinski definition) is 3. The van der Waals surface area contributed by atoms with Crippen LogP contribution in [0.2, 0.25) is 0 Å². The molecule has 1 aromatic carbocycles. The minimum atomic E-state index is -0.808. The van der Waals surface area contributed by atoms with Gasteiger partial charge in [-0.05, 0) is 44.0 Å². The second-order valence-electron chi connectivity index (χ2n) is 4.40. The second-order valence-corrected chi connectivity index (χ2v) is 4.40. The molecule has 0 aromatic heterocycles. The Morgan fingerprint density at radius 3 is 2.56 bits per heavy atom. The quantitative estimate of drug-likeness (QED) is 0.572. The first-order chi connectivity index (χ1) is 8.50. The minimum Gasteiger partial charge on any atom is -0.481 e. The van der Waals surface area contributed by atoms with Crippen LogP contribution in [-0.4, -0.2) is 29.9 Å². The molecule has 0 unspecified atom stereocenters. The van der Waals surface area contributed by atoms with Gasteiger partial charge in [0.05, 0.1) is 6.54 Å². The van der Waals surface area contributed by atoms with Crippen LogP contribution in [0.3, 0.4) is 0 Å². The van der Waals surface area contributed by atoms with E-state index in [1.807, 2.05) is 32.0 Å². The fraction of sp³-hybridized carbons (Fsp3) is 0.429. The van der Waals surface area contributed by atoms with Crippen LogP contribution in [0.4, 0.5) is 0 Å². The SMILES string of the molecule is Cc1ccc(C(=O)CNCCCC(=O)O)cc1C. The molecule has 0 radical (unpaired) electrons. The Balaban J connectivity index is 2.36. The van der Waals surface area contributed by atoms with E-state index in [0.29, 0.717) is 18.5 Å². The van der Waals surface area contributed by atoms with E-state index in [4.69, 9.17) is 5.11 Å². The Bertz CT molecular complexity index is 441. The standard InChI is InChI=1S/C14H19NO3/c1-10-5-6-12(8-11(10)2)13(16)9-15-7-3-4-14(17)18/h5-6,8,15H,3-4,7,9H2,1-2H3,(H,17,18). The molecule has 1 aromatic rings. The summed E-state index contributed by atoms with van der Waals surface area (Å²) >= 11 is 0. The van der Waals surface area contributed by atoms with Gasteiger partial charge < -0.3 is 10.4 Å². The van der Waals surface area contributed by atoms with Crippen molar-refractivity contribution < 1.29 is 14.7 Å². The summed E-state index contributed by atoms with van der Waals surface area (Å²) in [6.45, 7) is 4.78. The lowest BCUT2D eigenvalue weighted by molar-refractivity contribution is -0.137. The summed E-state index contributed by atoms with van der Waals surface area (Å²) < 4.78 is 0. The second kappa shape index (κ2) is 6.91. The average molecular weight is 249 g/mol. The normalized spacial score (nSPS) is 10.3. The molecule has 2 N–H and O–H groups in total. The molecule has 0 heterocycles. The van der Waals surface area contributed by atoms with Gasteiger partial charge in [-0.2, -0.15) is 0 Å². The highest BCUT2D eigenvalue weighted by Gasteiger charge is 2.06. The lowest BCUT2D eigenvalue weighted by Crippen LogP contribution is -2.24. The molecule has 0 bridgehead atoms. The molecule has 98 valence electrons. The van der Waals surface area contributed by atoms with E-state index in [9.17, 15) is 9.59 Å². The molecular weight excluding hydrogens is 230 g/mol. The van der Waals surface area contributed by atoms with Crippen LogP contribution in [0.1, 0.15) is 34.3 Å². The minimum absolute atomic E-state index is 0.0356. The number of carboxylic acids is 1. The maximum Gasteiger partial charge on any atom is 0.303 e. The first kappa shape index (κ1) is 14.4. The Hall–Kier alpha value is -1.68. The van der Waals surface area contributed by atoms with Crippen molar-refractivity contribution in [2.24, 2.45) is 0 Å². The number of carbonyl (C=O) groups excluding carboxylic acids is 1. The van der Waals surface area contributed by atoms with Crippen LogP contribution < -0.4 is 5.32 Å². The lowest BCUT2D eigenvalue weighted by Gasteiger charge is -2.06. The smallest absolute Gasteiger partial charge is 0.303 e. The monoisotopic (exact) mass is 249 g/mol. The molecule has 4 heteroatoms. The zero-order valence-electron chi connectivity index (χ0n) is 10.8. The molecule has 0 aliphatic carbocycles. The fourth-order valence-electron chi connectivity index (χ4n) is 1.58. The predicted octanol–water partition coefficient (Wildman–Crippen LogP) is 1.94. The van der Waals surface area contributed by atoms with Crippen molar-refractivity contribution >= 4 is 11.8 Å². The van der Waals surface area contributed by atoms with Crippen LogP contribution in [0.25, 0.3) is 0 Å². The Kier molecular flexibility index (Phi) is 5.52. The van der Waals surface area contributed by atoms with Gasteiger partial charge in [0, 0.05) is 12.0 Å². The molecule has 18 heavy (non-hydrogen) atoms. The van der Waals surface area contributed by atoms with E-state index < -0.39 is 5.97 Å². The van der Waals surface area contributed by atoms with E-state index in [1.165, 1.54) is 5.56 Å². The summed E-state index contributed by atoms with van der Waals surface area (Å²) in [6.07, 6.45) is 0.667. The van der Waals surface area contributed by atoms with Gasteiger partial charge in [-0.25, -0.2) is 0 Å². The van der Waals surface area contributed by atoms with E-state index >= 15 is 0 Å². The topological polar surface area (TPSA) is 66.4 Å². The number of nitrogens with one attached hydrogen (secondary N) is 1. The van der Waals surface area contributed by atoms with Crippen molar-refractivity contribution in [3.8, 4) is 0 Å². The fourth-order valence-corrected chi connectivity index (χ4v) is 1.58. The van der Waals surface area contributed by atoms with Gasteiger partial charge in [0.15, 0.2) is 5.78 Å². The molecule has 0 fully saturated rings. The number of aliphatic carboxylic acids is 1. The van der Waals surface area contributed by atoms with E-state index in [2.05, 4.69) is 5.32 Å². The summed E-state index contributed by atoms with van der Waals surface area (Å²) in [5, 5.41) is 11.4. The van der Waals surface area contributed by atoms with Gasteiger partial charge in [-0.1, -0.05) is 12.1 Å². The molecule has 0 aliphatic rings. The van der Waals surface area contributed by atoms with Gasteiger partial charge >= 0.3 is 5.97 Å². The van der Waals surface area contributed by atoms with Crippen LogP contribution >= 0.6 is 0 Å². The third-order valence-electron chi connectivity index (χ3n) is 2.86. The zero-order valence-corrected chi connectivity index (χ0v) is 10.8. The number of Topliss-reactive ketones (excluding diaryl/α,β-unsaturated/α-hetero) is 1. The summed E-state index contributed by atoms with van der Waals surface area (Å²) in [5.41, 5.74) is 2.97.